The zero-order valence-electron chi connectivity index (χ0n) is 14.6. The molecule has 2 aliphatic carbocycles. The van der Waals surface area contributed by atoms with Crippen molar-refractivity contribution >= 4 is 28.5 Å². The predicted octanol–water partition coefficient (Wildman–Crippen LogP) is 4.09. The van der Waals surface area contributed by atoms with E-state index in [2.05, 4.69) is 15.3 Å². The number of carbonyl (C=O) groups excluding carboxylic acids is 2. The molecule has 6 heteroatoms. The first-order valence-electron chi connectivity index (χ1n) is 9.18. The Morgan fingerprint density at radius 2 is 1.77 bits per heavy atom. The number of nitrogens with zero attached hydrogens (tertiary/aromatic N) is 2. The number of thiophene rings is 1. The molecule has 0 atom stereocenters. The summed E-state index contributed by atoms with van der Waals surface area (Å²) in [5.74, 6) is 0.512. The van der Waals surface area contributed by atoms with Crippen molar-refractivity contribution in [2.24, 2.45) is 0 Å². The molecule has 0 fully saturated rings. The third-order valence-corrected chi connectivity index (χ3v) is 6.32. The van der Waals surface area contributed by atoms with Gasteiger partial charge in [-0.3, -0.25) is 9.59 Å². The summed E-state index contributed by atoms with van der Waals surface area (Å²) in [5, 5.41) is 3.90. The molecule has 1 amide bonds. The van der Waals surface area contributed by atoms with Crippen LogP contribution in [0.1, 0.15) is 49.0 Å². The lowest BCUT2D eigenvalue weighted by Gasteiger charge is -2.16. The van der Waals surface area contributed by atoms with Crippen LogP contribution in [0, 0.1) is 0 Å². The molecular weight excluding hydrogens is 346 g/mol. The van der Waals surface area contributed by atoms with Gasteiger partial charge >= 0.3 is 0 Å². The molecule has 5 nitrogen and oxygen atoms in total. The molecule has 2 aromatic rings. The van der Waals surface area contributed by atoms with Gasteiger partial charge in [0.1, 0.15) is 11.3 Å². The third-order valence-electron chi connectivity index (χ3n) is 5.11. The van der Waals surface area contributed by atoms with E-state index in [9.17, 15) is 9.59 Å². The van der Waals surface area contributed by atoms with Crippen molar-refractivity contribution in [3.05, 3.63) is 40.0 Å². The van der Waals surface area contributed by atoms with Crippen LogP contribution in [-0.4, -0.2) is 22.2 Å². The summed E-state index contributed by atoms with van der Waals surface area (Å²) in [7, 11) is 0. The highest BCUT2D eigenvalue weighted by atomic mass is 32.1. The van der Waals surface area contributed by atoms with E-state index in [0.717, 1.165) is 49.0 Å². The zero-order valence-corrected chi connectivity index (χ0v) is 15.4. The monoisotopic (exact) mass is 367 g/mol. The molecule has 4 rings (SSSR count). The fraction of sp³-hybridized carbons (Fsp3) is 0.400. The second-order valence-electron chi connectivity index (χ2n) is 6.77. The molecule has 2 aliphatic rings. The molecule has 2 heterocycles. The standard InChI is InChI=1S/C20H21N3O2S/c24-12-13-6-1-2-7-14(13)19(25)23-20-17(18-21-10-5-11-22-18)15-8-3-4-9-16(15)26-20/h5,10-12H,1-4,6-9H2,(H,23,25). The van der Waals surface area contributed by atoms with Crippen LogP contribution >= 0.6 is 11.3 Å². The third kappa shape index (κ3) is 3.21. The highest BCUT2D eigenvalue weighted by Crippen LogP contribution is 2.43. The minimum atomic E-state index is -0.150. The van der Waals surface area contributed by atoms with E-state index in [1.807, 2.05) is 0 Å². The Morgan fingerprint density at radius 1 is 1.04 bits per heavy atom. The van der Waals surface area contributed by atoms with E-state index in [-0.39, 0.29) is 5.91 Å². The second kappa shape index (κ2) is 7.50. The average molecular weight is 367 g/mol. The molecule has 1 N–H and O–H groups in total. The number of nitrogens with one attached hydrogen (secondary N) is 1. The van der Waals surface area contributed by atoms with E-state index in [1.165, 1.54) is 16.9 Å². The number of rotatable bonds is 4. The number of anilines is 1. The minimum Gasteiger partial charge on any atom is -0.313 e. The van der Waals surface area contributed by atoms with Gasteiger partial charge in [-0.15, -0.1) is 11.3 Å². The Morgan fingerprint density at radius 3 is 2.58 bits per heavy atom. The van der Waals surface area contributed by atoms with Gasteiger partial charge in [0.05, 0.1) is 5.56 Å². The molecule has 2 aromatic heterocycles. The van der Waals surface area contributed by atoms with Gasteiger partial charge in [-0.2, -0.15) is 0 Å². The van der Waals surface area contributed by atoms with E-state index >= 15 is 0 Å². The quantitative estimate of drug-likeness (QED) is 0.826. The van der Waals surface area contributed by atoms with E-state index in [1.54, 1.807) is 29.8 Å². The second-order valence-corrected chi connectivity index (χ2v) is 7.88. The molecule has 26 heavy (non-hydrogen) atoms. The van der Waals surface area contributed by atoms with Crippen LogP contribution < -0.4 is 5.32 Å². The molecule has 0 bridgehead atoms. The molecule has 0 saturated heterocycles. The molecule has 0 unspecified atom stereocenters. The zero-order chi connectivity index (χ0) is 17.9. The lowest BCUT2D eigenvalue weighted by molar-refractivity contribution is -0.113. The fourth-order valence-corrected chi connectivity index (χ4v) is 5.10. The number of amides is 1. The van der Waals surface area contributed by atoms with Crippen molar-refractivity contribution in [3.8, 4) is 11.4 Å². The van der Waals surface area contributed by atoms with E-state index in [0.29, 0.717) is 29.8 Å². The fourth-order valence-electron chi connectivity index (χ4n) is 3.82. The van der Waals surface area contributed by atoms with E-state index < -0.39 is 0 Å². The summed E-state index contributed by atoms with van der Waals surface area (Å²) in [4.78, 5) is 34.3. The average Bonchev–Trinajstić information content (AvgIpc) is 3.06. The Bertz CT molecular complexity index is 871. The normalized spacial score (nSPS) is 16.9. The van der Waals surface area contributed by atoms with Crippen LogP contribution in [-0.2, 0) is 22.4 Å². The number of hydrogen-bond acceptors (Lipinski definition) is 5. The summed E-state index contributed by atoms with van der Waals surface area (Å²) in [6, 6.07) is 1.80. The van der Waals surface area contributed by atoms with Crippen LogP contribution in [0.4, 0.5) is 5.00 Å². The highest BCUT2D eigenvalue weighted by molar-refractivity contribution is 7.17. The smallest absolute Gasteiger partial charge is 0.252 e. The van der Waals surface area contributed by atoms with Gasteiger partial charge < -0.3 is 5.32 Å². The minimum absolute atomic E-state index is 0.150. The largest absolute Gasteiger partial charge is 0.313 e. The maximum absolute atomic E-state index is 12.9. The van der Waals surface area contributed by atoms with Crippen molar-refractivity contribution in [1.29, 1.82) is 0 Å². The summed E-state index contributed by atoms with van der Waals surface area (Å²) in [6.07, 6.45) is 12.0. The van der Waals surface area contributed by atoms with Crippen LogP contribution in [0.15, 0.2) is 29.6 Å². The summed E-state index contributed by atoms with van der Waals surface area (Å²) >= 11 is 1.64. The maximum Gasteiger partial charge on any atom is 0.252 e. The Hall–Kier alpha value is -2.34. The summed E-state index contributed by atoms with van der Waals surface area (Å²) in [6.45, 7) is 0. The number of carbonyl (C=O) groups is 2. The lowest BCUT2D eigenvalue weighted by Crippen LogP contribution is -2.18. The first-order valence-corrected chi connectivity index (χ1v) is 10.00. The van der Waals surface area contributed by atoms with Gasteiger partial charge in [0.15, 0.2) is 5.82 Å². The SMILES string of the molecule is O=CC1=C(C(=O)Nc2sc3c(c2-c2ncccn2)CCCC3)CCCC1. The summed E-state index contributed by atoms with van der Waals surface area (Å²) in [5.41, 5.74) is 3.52. The maximum atomic E-state index is 12.9. The molecular formula is C20H21N3O2S. The topological polar surface area (TPSA) is 72.0 Å². The van der Waals surface area contributed by atoms with Gasteiger partial charge in [0, 0.05) is 28.4 Å². The predicted molar refractivity (Wildman–Crippen MR) is 102 cm³/mol. The van der Waals surface area contributed by atoms with Crippen LogP contribution in [0.25, 0.3) is 11.4 Å². The highest BCUT2D eigenvalue weighted by Gasteiger charge is 2.26. The van der Waals surface area contributed by atoms with Crippen LogP contribution in [0.3, 0.4) is 0 Å². The Kier molecular flexibility index (Phi) is 4.93. The first-order chi connectivity index (χ1) is 12.8. The Balaban J connectivity index is 1.73. The number of aryl methyl sites for hydroxylation is 1. The molecule has 134 valence electrons. The molecule has 0 spiro atoms. The van der Waals surface area contributed by atoms with Crippen molar-refractivity contribution in [1.82, 2.24) is 9.97 Å². The van der Waals surface area contributed by atoms with Gasteiger partial charge in [-0.1, -0.05) is 0 Å². The van der Waals surface area contributed by atoms with Gasteiger partial charge in [-0.25, -0.2) is 9.97 Å². The van der Waals surface area contributed by atoms with Crippen molar-refractivity contribution in [2.75, 3.05) is 5.32 Å². The number of hydrogen-bond donors (Lipinski definition) is 1. The van der Waals surface area contributed by atoms with E-state index in [4.69, 9.17) is 0 Å². The van der Waals surface area contributed by atoms with Crippen molar-refractivity contribution in [3.63, 3.8) is 0 Å². The van der Waals surface area contributed by atoms with Gasteiger partial charge in [-0.05, 0) is 63.0 Å². The number of aldehydes is 1. The first kappa shape index (κ1) is 17.1. The number of fused-ring (bicyclic) bond motifs is 1. The van der Waals surface area contributed by atoms with Crippen molar-refractivity contribution < 1.29 is 9.59 Å². The molecule has 0 radical (unpaired) electrons. The molecule has 0 saturated carbocycles. The van der Waals surface area contributed by atoms with Gasteiger partial charge in [0.25, 0.3) is 5.91 Å². The Labute approximate surface area is 156 Å². The van der Waals surface area contributed by atoms with Crippen LogP contribution in [0.2, 0.25) is 0 Å². The van der Waals surface area contributed by atoms with Crippen molar-refractivity contribution in [2.45, 2.75) is 51.4 Å². The number of allylic oxidation sites excluding steroid dienone is 1. The molecule has 0 aromatic carbocycles. The number of aromatic nitrogens is 2. The van der Waals surface area contributed by atoms with Crippen LogP contribution in [0.5, 0.6) is 0 Å². The van der Waals surface area contributed by atoms with Gasteiger partial charge in [0.2, 0.25) is 0 Å². The molecule has 0 aliphatic heterocycles. The lowest BCUT2D eigenvalue weighted by atomic mass is 9.92. The summed E-state index contributed by atoms with van der Waals surface area (Å²) < 4.78 is 0.